The average Bonchev–Trinajstić information content (AvgIpc) is 3.28. The molecule has 12 heteroatoms. The van der Waals surface area contributed by atoms with E-state index in [1.165, 1.54) is 31.4 Å². The lowest BCUT2D eigenvalue weighted by atomic mass is 10.1. The second-order valence-corrected chi connectivity index (χ2v) is 7.34. The predicted molar refractivity (Wildman–Crippen MR) is 119 cm³/mol. The Morgan fingerprint density at radius 1 is 1.24 bits per heavy atom. The number of nitrogens with one attached hydrogen (secondary N) is 1. The molecule has 3 aromatic rings. The van der Waals surface area contributed by atoms with Crippen LogP contribution in [0.15, 0.2) is 50.4 Å². The van der Waals surface area contributed by atoms with E-state index in [0.717, 1.165) is 21.6 Å². The van der Waals surface area contributed by atoms with Gasteiger partial charge in [-0.25, -0.2) is 4.79 Å². The third-order valence-corrected chi connectivity index (χ3v) is 4.99. The van der Waals surface area contributed by atoms with Crippen LogP contribution < -0.4 is 21.9 Å². The number of nitrogen functional groups attached to an aromatic ring is 1. The maximum atomic E-state index is 13.3. The molecule has 0 spiro atoms. The molecule has 2 aromatic heterocycles. The number of methoxy groups -OCH3 is 1. The second-order valence-electron chi connectivity index (χ2n) is 7.34. The maximum Gasteiger partial charge on any atom is 0.416 e. The Hall–Kier alpha value is -3.80. The summed E-state index contributed by atoms with van der Waals surface area (Å²) in [6.07, 6.45) is -4.00. The minimum atomic E-state index is -4.54. The molecule has 34 heavy (non-hydrogen) atoms. The number of rotatable bonds is 8. The number of aromatic amines is 1. The van der Waals surface area contributed by atoms with Gasteiger partial charge in [-0.15, -0.1) is 0 Å². The van der Waals surface area contributed by atoms with Crippen LogP contribution in [0.2, 0.25) is 0 Å². The van der Waals surface area contributed by atoms with E-state index in [0.29, 0.717) is 6.42 Å². The number of nitrogens with two attached hydrogens (primary N) is 1. The van der Waals surface area contributed by atoms with Crippen molar-refractivity contribution >= 4 is 17.4 Å². The Balaban J connectivity index is 2.04. The van der Waals surface area contributed by atoms with E-state index in [2.05, 4.69) is 4.98 Å². The quantitative estimate of drug-likeness (QED) is 0.511. The highest BCUT2D eigenvalue weighted by atomic mass is 19.4. The Morgan fingerprint density at radius 2 is 1.97 bits per heavy atom. The van der Waals surface area contributed by atoms with Crippen molar-refractivity contribution in [2.45, 2.75) is 26.1 Å². The first-order valence-corrected chi connectivity index (χ1v) is 10.3. The minimum Gasteiger partial charge on any atom is -0.451 e. The van der Waals surface area contributed by atoms with Crippen LogP contribution in [0.1, 0.15) is 29.5 Å². The van der Waals surface area contributed by atoms with Gasteiger partial charge in [0.2, 0.25) is 0 Å². The van der Waals surface area contributed by atoms with Gasteiger partial charge < -0.3 is 14.9 Å². The van der Waals surface area contributed by atoms with Crippen molar-refractivity contribution < 1.29 is 27.1 Å². The summed E-state index contributed by atoms with van der Waals surface area (Å²) < 4.78 is 50.9. The van der Waals surface area contributed by atoms with Crippen molar-refractivity contribution in [3.63, 3.8) is 0 Å². The first-order chi connectivity index (χ1) is 16.1. The summed E-state index contributed by atoms with van der Waals surface area (Å²) >= 11 is 0. The average molecular weight is 480 g/mol. The number of furan rings is 1. The van der Waals surface area contributed by atoms with Crippen LogP contribution in [-0.4, -0.2) is 35.7 Å². The summed E-state index contributed by atoms with van der Waals surface area (Å²) in [4.78, 5) is 41.2. The van der Waals surface area contributed by atoms with Crippen molar-refractivity contribution in [3.8, 4) is 11.3 Å². The molecule has 3 N–H and O–H groups in total. The predicted octanol–water partition coefficient (Wildman–Crippen LogP) is 3.10. The largest absolute Gasteiger partial charge is 0.451 e. The monoisotopic (exact) mass is 480 g/mol. The summed E-state index contributed by atoms with van der Waals surface area (Å²) in [7, 11) is 1.40. The molecule has 0 bridgehead atoms. The zero-order valence-electron chi connectivity index (χ0n) is 18.4. The Bertz CT molecular complexity index is 1290. The Morgan fingerprint density at radius 3 is 2.62 bits per heavy atom. The molecule has 2 heterocycles. The summed E-state index contributed by atoms with van der Waals surface area (Å²) in [5.41, 5.74) is 3.49. The van der Waals surface area contributed by atoms with E-state index >= 15 is 0 Å². The fraction of sp³-hybridized carbons (Fsp3) is 0.318. The minimum absolute atomic E-state index is 0.0265. The number of aromatic nitrogens is 2. The summed E-state index contributed by atoms with van der Waals surface area (Å²) in [5.74, 6) is -1.20. The van der Waals surface area contributed by atoms with E-state index < -0.39 is 28.9 Å². The number of anilines is 2. The third-order valence-electron chi connectivity index (χ3n) is 4.99. The van der Waals surface area contributed by atoms with Gasteiger partial charge >= 0.3 is 11.9 Å². The first-order valence-electron chi connectivity index (χ1n) is 10.3. The molecule has 9 nitrogen and oxygen atoms in total. The summed E-state index contributed by atoms with van der Waals surface area (Å²) in [6, 6.07) is 7.09. The lowest BCUT2D eigenvalue weighted by molar-refractivity contribution is -0.137. The number of ether oxygens (including phenoxy) is 1. The molecule has 0 aliphatic rings. The van der Waals surface area contributed by atoms with Gasteiger partial charge in [-0.1, -0.05) is 19.1 Å². The van der Waals surface area contributed by atoms with E-state index in [4.69, 9.17) is 14.9 Å². The van der Waals surface area contributed by atoms with Gasteiger partial charge in [0.1, 0.15) is 11.6 Å². The molecule has 0 atom stereocenters. The number of alkyl halides is 3. The zero-order valence-corrected chi connectivity index (χ0v) is 18.4. The van der Waals surface area contributed by atoms with Crippen LogP contribution in [0, 0.1) is 0 Å². The Labute approximate surface area is 191 Å². The number of hydrogen-bond donors (Lipinski definition) is 2. The van der Waals surface area contributed by atoms with Gasteiger partial charge in [-0.05, 0) is 30.7 Å². The standard InChI is InChI=1S/C22H23F3N4O5/c1-3-9-29-18(26)17(19(30)27-21(29)32)28(10-11-33-2)20(31)16-8-7-15(34-16)13-5-4-6-14(12-13)22(23,24)25/h4-8,12H,3,9-11,26H2,1-2H3,(H,27,30,32). The number of carbonyl (C=O) groups is 1. The summed E-state index contributed by atoms with van der Waals surface area (Å²) in [5, 5.41) is 0. The van der Waals surface area contributed by atoms with E-state index in [-0.39, 0.29) is 48.3 Å². The van der Waals surface area contributed by atoms with E-state index in [9.17, 15) is 27.6 Å². The van der Waals surface area contributed by atoms with Crippen molar-refractivity contribution in [3.05, 3.63) is 68.6 Å². The molecule has 0 fully saturated rings. The summed E-state index contributed by atoms with van der Waals surface area (Å²) in [6.45, 7) is 1.94. The number of amides is 1. The fourth-order valence-corrected chi connectivity index (χ4v) is 3.37. The number of carbonyl (C=O) groups excluding carboxylic acids is 1. The highest BCUT2D eigenvalue weighted by Gasteiger charge is 2.31. The molecule has 1 amide bonds. The normalized spacial score (nSPS) is 11.6. The molecule has 1 aromatic carbocycles. The molecule has 0 saturated carbocycles. The molecular weight excluding hydrogens is 457 g/mol. The number of halogens is 3. The van der Waals surface area contributed by atoms with Crippen LogP contribution in [0.5, 0.6) is 0 Å². The van der Waals surface area contributed by atoms with Crippen LogP contribution in [-0.2, 0) is 17.5 Å². The molecule has 0 saturated heterocycles. The van der Waals surface area contributed by atoms with Crippen LogP contribution in [0.4, 0.5) is 24.7 Å². The highest BCUT2D eigenvalue weighted by Crippen LogP contribution is 2.33. The number of nitrogens with zero attached hydrogens (tertiary/aromatic N) is 2. The highest BCUT2D eigenvalue weighted by molar-refractivity contribution is 6.05. The lowest BCUT2D eigenvalue weighted by Crippen LogP contribution is -2.42. The fourth-order valence-electron chi connectivity index (χ4n) is 3.37. The van der Waals surface area contributed by atoms with Gasteiger partial charge in [0.15, 0.2) is 11.4 Å². The van der Waals surface area contributed by atoms with Crippen molar-refractivity contribution in [2.24, 2.45) is 0 Å². The van der Waals surface area contributed by atoms with Gasteiger partial charge in [0, 0.05) is 19.2 Å². The molecule has 0 radical (unpaired) electrons. The number of H-pyrrole nitrogens is 1. The van der Waals surface area contributed by atoms with Crippen molar-refractivity contribution in [1.29, 1.82) is 0 Å². The first kappa shape index (κ1) is 24.8. The maximum absolute atomic E-state index is 13.3. The van der Waals surface area contributed by atoms with Crippen LogP contribution >= 0.6 is 0 Å². The second kappa shape index (κ2) is 10.00. The Kier molecular flexibility index (Phi) is 7.30. The van der Waals surface area contributed by atoms with Crippen molar-refractivity contribution in [1.82, 2.24) is 9.55 Å². The van der Waals surface area contributed by atoms with Gasteiger partial charge in [0.25, 0.3) is 11.5 Å². The molecular formula is C22H23F3N4O5. The molecule has 182 valence electrons. The SMILES string of the molecule is CCCn1c(N)c(N(CCOC)C(=O)c2ccc(-c3cccc(C(F)(F)F)c3)o2)c(=O)[nH]c1=O. The number of benzene rings is 1. The lowest BCUT2D eigenvalue weighted by Gasteiger charge is -2.23. The topological polar surface area (TPSA) is 124 Å². The van der Waals surface area contributed by atoms with Gasteiger partial charge in [0.05, 0.1) is 18.7 Å². The molecule has 0 unspecified atom stereocenters. The van der Waals surface area contributed by atoms with E-state index in [1.54, 1.807) is 0 Å². The number of hydrogen-bond acceptors (Lipinski definition) is 6. The van der Waals surface area contributed by atoms with Crippen LogP contribution in [0.25, 0.3) is 11.3 Å². The molecule has 0 aliphatic carbocycles. The molecule has 3 rings (SSSR count). The molecule has 0 aliphatic heterocycles. The van der Waals surface area contributed by atoms with Gasteiger partial charge in [-0.2, -0.15) is 13.2 Å². The zero-order chi connectivity index (χ0) is 25.0. The van der Waals surface area contributed by atoms with Crippen LogP contribution in [0.3, 0.4) is 0 Å². The van der Waals surface area contributed by atoms with Crippen molar-refractivity contribution in [2.75, 3.05) is 30.9 Å². The van der Waals surface area contributed by atoms with E-state index in [1.807, 2.05) is 6.92 Å². The smallest absolute Gasteiger partial charge is 0.416 e. The van der Waals surface area contributed by atoms with Gasteiger partial charge in [-0.3, -0.25) is 24.0 Å². The third kappa shape index (κ3) is 5.06.